The first-order valence-corrected chi connectivity index (χ1v) is 7.10. The van der Waals surface area contributed by atoms with Crippen LogP contribution in [0.3, 0.4) is 0 Å². The average Bonchev–Trinajstić information content (AvgIpc) is 2.38. The maximum atomic E-state index is 12.4. The Morgan fingerprint density at radius 1 is 1.05 bits per heavy atom. The molecule has 0 aromatic heterocycles. The van der Waals surface area contributed by atoms with E-state index < -0.39 is 6.36 Å². The van der Waals surface area contributed by atoms with E-state index in [0.29, 0.717) is 21.5 Å². The van der Waals surface area contributed by atoms with Gasteiger partial charge in [0.05, 0.1) is 0 Å². The predicted molar refractivity (Wildman–Crippen MR) is 76.2 cm³/mol. The van der Waals surface area contributed by atoms with Gasteiger partial charge in [0, 0.05) is 21.5 Å². The van der Waals surface area contributed by atoms with Gasteiger partial charge >= 0.3 is 6.36 Å². The molecule has 0 unspecified atom stereocenters. The van der Waals surface area contributed by atoms with Gasteiger partial charge in [-0.1, -0.05) is 57.9 Å². The van der Waals surface area contributed by atoms with Crippen LogP contribution >= 0.6 is 27.5 Å². The molecule has 2 rings (SSSR count). The standard InChI is InChI=1S/C14H9BrClF3O/c15-8-9-5-6-10(12(16)7-9)11-3-1-2-4-13(11)20-14(17,18)19/h1-7H,8H2. The average molecular weight is 366 g/mol. The Kier molecular flexibility index (Phi) is 4.60. The summed E-state index contributed by atoms with van der Waals surface area (Å²) < 4.78 is 41.2. The van der Waals surface area contributed by atoms with E-state index in [0.717, 1.165) is 5.56 Å². The molecule has 106 valence electrons. The molecule has 0 saturated carbocycles. The Morgan fingerprint density at radius 2 is 1.75 bits per heavy atom. The highest BCUT2D eigenvalue weighted by molar-refractivity contribution is 9.08. The van der Waals surface area contributed by atoms with Crippen molar-refractivity contribution in [3.05, 3.63) is 53.1 Å². The topological polar surface area (TPSA) is 9.23 Å². The van der Waals surface area contributed by atoms with Crippen molar-refractivity contribution in [3.63, 3.8) is 0 Å². The van der Waals surface area contributed by atoms with Gasteiger partial charge in [-0.05, 0) is 17.7 Å². The number of hydrogen-bond donors (Lipinski definition) is 0. The van der Waals surface area contributed by atoms with Crippen LogP contribution in [0.1, 0.15) is 5.56 Å². The zero-order valence-corrected chi connectivity index (χ0v) is 12.4. The fraction of sp³-hybridized carbons (Fsp3) is 0.143. The van der Waals surface area contributed by atoms with Gasteiger partial charge in [-0.2, -0.15) is 0 Å². The molecule has 6 heteroatoms. The van der Waals surface area contributed by atoms with Gasteiger partial charge in [-0.25, -0.2) is 0 Å². The van der Waals surface area contributed by atoms with E-state index in [2.05, 4.69) is 20.7 Å². The molecule has 0 saturated heterocycles. The first kappa shape index (κ1) is 15.2. The lowest BCUT2D eigenvalue weighted by Crippen LogP contribution is -2.17. The van der Waals surface area contributed by atoms with E-state index in [1.807, 2.05) is 0 Å². The third-order valence-electron chi connectivity index (χ3n) is 2.59. The highest BCUT2D eigenvalue weighted by atomic mass is 79.9. The van der Waals surface area contributed by atoms with Crippen LogP contribution in [0, 0.1) is 0 Å². The van der Waals surface area contributed by atoms with Crippen molar-refractivity contribution in [1.82, 2.24) is 0 Å². The molecule has 20 heavy (non-hydrogen) atoms. The molecule has 1 nitrogen and oxygen atoms in total. The van der Waals surface area contributed by atoms with Gasteiger partial charge in [0.15, 0.2) is 0 Å². The molecular weight excluding hydrogens is 357 g/mol. The normalized spacial score (nSPS) is 11.4. The van der Waals surface area contributed by atoms with Gasteiger partial charge in [-0.3, -0.25) is 0 Å². The molecule has 0 heterocycles. The second-order valence-electron chi connectivity index (χ2n) is 3.99. The van der Waals surface area contributed by atoms with Crippen LogP contribution in [0.5, 0.6) is 5.75 Å². The second kappa shape index (κ2) is 6.06. The summed E-state index contributed by atoms with van der Waals surface area (Å²) in [5.41, 5.74) is 1.74. The SMILES string of the molecule is FC(F)(F)Oc1ccccc1-c1ccc(CBr)cc1Cl. The van der Waals surface area contributed by atoms with E-state index in [9.17, 15) is 13.2 Å². The van der Waals surface area contributed by atoms with Crippen LogP contribution in [0.15, 0.2) is 42.5 Å². The number of hydrogen-bond acceptors (Lipinski definition) is 1. The van der Waals surface area contributed by atoms with Crippen molar-refractivity contribution in [3.8, 4) is 16.9 Å². The van der Waals surface area contributed by atoms with Crippen molar-refractivity contribution in [2.24, 2.45) is 0 Å². The Hall–Kier alpha value is -1.20. The smallest absolute Gasteiger partial charge is 0.405 e. The maximum absolute atomic E-state index is 12.4. The van der Waals surface area contributed by atoms with Crippen LogP contribution in [-0.2, 0) is 5.33 Å². The molecule has 0 atom stereocenters. The van der Waals surface area contributed by atoms with Gasteiger partial charge in [-0.15, -0.1) is 13.2 Å². The molecule has 0 aliphatic rings. The highest BCUT2D eigenvalue weighted by Gasteiger charge is 2.32. The van der Waals surface area contributed by atoms with Crippen molar-refractivity contribution in [1.29, 1.82) is 0 Å². The van der Waals surface area contributed by atoms with Crippen molar-refractivity contribution in [2.75, 3.05) is 0 Å². The van der Waals surface area contributed by atoms with Crippen LogP contribution in [-0.4, -0.2) is 6.36 Å². The largest absolute Gasteiger partial charge is 0.573 e. The molecule has 0 amide bonds. The van der Waals surface area contributed by atoms with E-state index in [1.54, 1.807) is 24.3 Å². The first-order valence-electron chi connectivity index (χ1n) is 5.60. The number of ether oxygens (including phenoxy) is 1. The summed E-state index contributed by atoms with van der Waals surface area (Å²) in [5.74, 6) is -0.270. The summed E-state index contributed by atoms with van der Waals surface area (Å²) in [6, 6.07) is 11.1. The molecule has 0 aliphatic heterocycles. The van der Waals surface area contributed by atoms with Crippen molar-refractivity contribution in [2.45, 2.75) is 11.7 Å². The fourth-order valence-electron chi connectivity index (χ4n) is 1.76. The second-order valence-corrected chi connectivity index (χ2v) is 4.96. The molecule has 0 fully saturated rings. The lowest BCUT2D eigenvalue weighted by Gasteiger charge is -2.14. The lowest BCUT2D eigenvalue weighted by molar-refractivity contribution is -0.274. The number of alkyl halides is 4. The molecule has 0 radical (unpaired) electrons. The highest BCUT2D eigenvalue weighted by Crippen LogP contribution is 2.37. The third-order valence-corrected chi connectivity index (χ3v) is 3.55. The van der Waals surface area contributed by atoms with Crippen molar-refractivity contribution < 1.29 is 17.9 Å². The van der Waals surface area contributed by atoms with E-state index in [4.69, 9.17) is 11.6 Å². The molecule has 0 bridgehead atoms. The lowest BCUT2D eigenvalue weighted by atomic mass is 10.0. The summed E-state index contributed by atoms with van der Waals surface area (Å²) in [6.07, 6.45) is -4.74. The first-order chi connectivity index (χ1) is 9.40. The molecule has 2 aromatic rings. The quantitative estimate of drug-likeness (QED) is 0.625. The third kappa shape index (κ3) is 3.67. The summed E-state index contributed by atoms with van der Waals surface area (Å²) in [5, 5.41) is 0.994. The van der Waals surface area contributed by atoms with E-state index >= 15 is 0 Å². The molecule has 0 spiro atoms. The van der Waals surface area contributed by atoms with E-state index in [-0.39, 0.29) is 5.75 Å². The van der Waals surface area contributed by atoms with Crippen LogP contribution < -0.4 is 4.74 Å². The zero-order chi connectivity index (χ0) is 14.8. The number of halogens is 5. The molecule has 0 aliphatic carbocycles. The van der Waals surface area contributed by atoms with E-state index in [1.165, 1.54) is 18.2 Å². The zero-order valence-electron chi connectivity index (χ0n) is 10.0. The monoisotopic (exact) mass is 364 g/mol. The minimum absolute atomic E-state index is 0.270. The fourth-order valence-corrected chi connectivity index (χ4v) is 2.42. The van der Waals surface area contributed by atoms with Crippen LogP contribution in [0.25, 0.3) is 11.1 Å². The summed E-state index contributed by atoms with van der Waals surface area (Å²) in [4.78, 5) is 0. The van der Waals surface area contributed by atoms with Crippen molar-refractivity contribution >= 4 is 27.5 Å². The number of benzene rings is 2. The number of rotatable bonds is 3. The summed E-state index contributed by atoms with van der Waals surface area (Å²) >= 11 is 9.42. The minimum atomic E-state index is -4.74. The van der Waals surface area contributed by atoms with Gasteiger partial charge in [0.2, 0.25) is 0 Å². The Labute approximate surface area is 127 Å². The van der Waals surface area contributed by atoms with Gasteiger partial charge in [0.25, 0.3) is 0 Å². The predicted octanol–water partition coefficient (Wildman–Crippen LogP) is 5.80. The van der Waals surface area contributed by atoms with Crippen LogP contribution in [0.2, 0.25) is 5.02 Å². The van der Waals surface area contributed by atoms with Crippen LogP contribution in [0.4, 0.5) is 13.2 Å². The molecule has 0 N–H and O–H groups in total. The Morgan fingerprint density at radius 3 is 2.35 bits per heavy atom. The molecule has 2 aromatic carbocycles. The Balaban J connectivity index is 2.47. The summed E-state index contributed by atoms with van der Waals surface area (Å²) in [7, 11) is 0. The molecular formula is C14H9BrClF3O. The van der Waals surface area contributed by atoms with Gasteiger partial charge in [0.1, 0.15) is 5.75 Å². The minimum Gasteiger partial charge on any atom is -0.405 e. The maximum Gasteiger partial charge on any atom is 0.573 e. The Bertz CT molecular complexity index is 614. The number of para-hydroxylation sites is 1. The van der Waals surface area contributed by atoms with Gasteiger partial charge < -0.3 is 4.74 Å². The summed E-state index contributed by atoms with van der Waals surface area (Å²) in [6.45, 7) is 0.